The van der Waals surface area contributed by atoms with E-state index in [1.54, 1.807) is 72.8 Å². The molecule has 0 aliphatic carbocycles. The van der Waals surface area contributed by atoms with Gasteiger partial charge in [-0.3, -0.25) is 0 Å². The third-order valence-electron chi connectivity index (χ3n) is 5.82. The summed E-state index contributed by atoms with van der Waals surface area (Å²) in [5, 5.41) is 0.763. The van der Waals surface area contributed by atoms with Gasteiger partial charge in [-0.25, -0.2) is 9.59 Å². The minimum Gasteiger partial charge on any atom is -0.458 e. The van der Waals surface area contributed by atoms with Crippen molar-refractivity contribution >= 4 is 22.8 Å². The minimum atomic E-state index is -4.64. The number of aromatic nitrogens is 1. The van der Waals surface area contributed by atoms with E-state index in [9.17, 15) is 22.8 Å². The van der Waals surface area contributed by atoms with Crippen molar-refractivity contribution < 1.29 is 32.2 Å². The van der Waals surface area contributed by atoms with E-state index in [2.05, 4.69) is 4.98 Å². The number of H-pyrrole nitrogens is 1. The first-order valence-corrected chi connectivity index (χ1v) is 11.4. The van der Waals surface area contributed by atoms with Crippen molar-refractivity contribution in [2.45, 2.75) is 37.6 Å². The normalized spacial score (nSPS) is 14.1. The number of aromatic amines is 1. The minimum absolute atomic E-state index is 0.119. The van der Waals surface area contributed by atoms with Crippen LogP contribution >= 0.6 is 0 Å². The number of hydrogen-bond donors (Lipinski definition) is 1. The first-order chi connectivity index (χ1) is 17.2. The quantitative estimate of drug-likeness (QED) is 0.277. The Morgan fingerprint density at radius 1 is 0.806 bits per heavy atom. The van der Waals surface area contributed by atoms with Gasteiger partial charge >= 0.3 is 18.1 Å². The highest BCUT2D eigenvalue weighted by Crippen LogP contribution is 2.36. The maximum absolute atomic E-state index is 13.7. The summed E-state index contributed by atoms with van der Waals surface area (Å²) in [5.74, 6) is -2.71. The number of para-hydroxylation sites is 1. The molecule has 3 aromatic carbocycles. The lowest BCUT2D eigenvalue weighted by molar-refractivity contribution is -0.159. The highest BCUT2D eigenvalue weighted by Gasteiger charge is 2.42. The van der Waals surface area contributed by atoms with Gasteiger partial charge in [0.1, 0.15) is 12.2 Å². The second-order valence-electron chi connectivity index (χ2n) is 8.44. The van der Waals surface area contributed by atoms with Crippen molar-refractivity contribution in [3.63, 3.8) is 0 Å². The van der Waals surface area contributed by atoms with E-state index < -0.39 is 42.7 Å². The van der Waals surface area contributed by atoms with Crippen LogP contribution in [0.4, 0.5) is 13.2 Å². The molecule has 3 atom stereocenters. The molecule has 0 saturated heterocycles. The van der Waals surface area contributed by atoms with Crippen LogP contribution in [-0.4, -0.2) is 35.3 Å². The highest BCUT2D eigenvalue weighted by molar-refractivity contribution is 5.90. The van der Waals surface area contributed by atoms with Crippen LogP contribution in [0.15, 0.2) is 91.0 Å². The van der Waals surface area contributed by atoms with Crippen molar-refractivity contribution in [3.05, 3.63) is 108 Å². The third kappa shape index (κ3) is 6.13. The number of alkyl halides is 3. The molecule has 1 N–H and O–H groups in total. The molecule has 0 aliphatic heterocycles. The molecule has 1 heterocycles. The van der Waals surface area contributed by atoms with Crippen LogP contribution in [0.25, 0.3) is 10.9 Å². The van der Waals surface area contributed by atoms with Gasteiger partial charge in [0.25, 0.3) is 0 Å². The molecule has 5 nitrogen and oxygen atoms in total. The first kappa shape index (κ1) is 25.0. The number of carbonyl (C=O) groups is 2. The number of fused-ring (bicyclic) bond motifs is 1. The van der Waals surface area contributed by atoms with Crippen molar-refractivity contribution in [2.75, 3.05) is 0 Å². The van der Waals surface area contributed by atoms with Crippen molar-refractivity contribution in [1.82, 2.24) is 4.98 Å². The summed E-state index contributed by atoms with van der Waals surface area (Å²) >= 11 is 0. The molecule has 0 radical (unpaired) electrons. The zero-order valence-corrected chi connectivity index (χ0v) is 19.4. The van der Waals surface area contributed by atoms with E-state index in [0.29, 0.717) is 11.2 Å². The fourth-order valence-corrected chi connectivity index (χ4v) is 4.17. The van der Waals surface area contributed by atoms with Crippen LogP contribution in [0, 0.1) is 0 Å². The molecule has 0 spiro atoms. The first-order valence-electron chi connectivity index (χ1n) is 11.4. The maximum atomic E-state index is 13.7. The lowest BCUT2D eigenvalue weighted by atomic mass is 9.90. The smallest absolute Gasteiger partial charge is 0.392 e. The number of ether oxygens (including phenoxy) is 2. The Hall–Kier alpha value is -4.07. The zero-order valence-electron chi connectivity index (χ0n) is 19.4. The van der Waals surface area contributed by atoms with Gasteiger partial charge in [-0.2, -0.15) is 13.2 Å². The van der Waals surface area contributed by atoms with Crippen LogP contribution in [0.5, 0.6) is 0 Å². The Bertz CT molecular complexity index is 1290. The Morgan fingerprint density at radius 3 is 1.89 bits per heavy atom. The van der Waals surface area contributed by atoms with E-state index in [0.717, 1.165) is 5.39 Å². The second-order valence-corrected chi connectivity index (χ2v) is 8.44. The Balaban J connectivity index is 1.72. The van der Waals surface area contributed by atoms with Crippen molar-refractivity contribution in [1.29, 1.82) is 0 Å². The summed E-state index contributed by atoms with van der Waals surface area (Å²) < 4.78 is 52.2. The van der Waals surface area contributed by atoms with Crippen LogP contribution in [0.3, 0.4) is 0 Å². The van der Waals surface area contributed by atoms with E-state index in [1.807, 2.05) is 6.07 Å². The molecule has 3 unspecified atom stereocenters. The molecule has 0 amide bonds. The fraction of sp³-hybridized carbons (Fsp3) is 0.214. The molecular formula is C28H24F3NO4. The molecule has 186 valence electrons. The second kappa shape index (κ2) is 10.7. The van der Waals surface area contributed by atoms with E-state index in [1.165, 1.54) is 19.1 Å². The number of carbonyl (C=O) groups excluding carboxylic acids is 2. The molecule has 4 rings (SSSR count). The van der Waals surface area contributed by atoms with Crippen molar-refractivity contribution in [3.8, 4) is 0 Å². The monoisotopic (exact) mass is 495 g/mol. The Kier molecular flexibility index (Phi) is 7.43. The molecule has 8 heteroatoms. The zero-order chi connectivity index (χ0) is 25.7. The third-order valence-corrected chi connectivity index (χ3v) is 5.82. The Morgan fingerprint density at radius 2 is 1.33 bits per heavy atom. The van der Waals surface area contributed by atoms with E-state index >= 15 is 0 Å². The van der Waals surface area contributed by atoms with Crippen LogP contribution in [-0.2, 0) is 9.47 Å². The SMILES string of the molecule is CC(OC(=O)c1ccccc1)C(c1cc2ccccc2[nH]1)C(CC(F)(F)F)OC(=O)c1ccccc1. The van der Waals surface area contributed by atoms with E-state index in [4.69, 9.17) is 9.47 Å². The average Bonchev–Trinajstić information content (AvgIpc) is 3.27. The predicted molar refractivity (Wildman–Crippen MR) is 129 cm³/mol. The molecule has 36 heavy (non-hydrogen) atoms. The highest BCUT2D eigenvalue weighted by atomic mass is 19.4. The van der Waals surface area contributed by atoms with Gasteiger partial charge in [-0.15, -0.1) is 0 Å². The molecule has 0 bridgehead atoms. The molecule has 4 aromatic rings. The van der Waals surface area contributed by atoms with Crippen molar-refractivity contribution in [2.24, 2.45) is 0 Å². The number of halogens is 3. The number of rotatable bonds is 8. The summed E-state index contributed by atoms with van der Waals surface area (Å²) in [5.41, 5.74) is 1.43. The number of hydrogen-bond acceptors (Lipinski definition) is 4. The topological polar surface area (TPSA) is 68.4 Å². The Labute approximate surface area is 205 Å². The average molecular weight is 495 g/mol. The molecule has 0 saturated carbocycles. The lowest BCUT2D eigenvalue weighted by Gasteiger charge is -2.31. The number of nitrogens with one attached hydrogen (secondary N) is 1. The largest absolute Gasteiger partial charge is 0.458 e. The molecule has 1 aromatic heterocycles. The predicted octanol–water partition coefficient (Wildman–Crippen LogP) is 6.68. The van der Waals surface area contributed by atoms with Crippen LogP contribution < -0.4 is 0 Å². The van der Waals surface area contributed by atoms with Gasteiger partial charge in [0.05, 0.1) is 23.5 Å². The summed E-state index contributed by atoms with van der Waals surface area (Å²) in [7, 11) is 0. The van der Waals surface area contributed by atoms with Gasteiger partial charge in [-0.05, 0) is 48.7 Å². The van der Waals surface area contributed by atoms with Gasteiger partial charge in [-0.1, -0.05) is 54.6 Å². The molecular weight excluding hydrogens is 471 g/mol. The van der Waals surface area contributed by atoms with E-state index in [-0.39, 0.29) is 11.1 Å². The summed E-state index contributed by atoms with van der Waals surface area (Å²) in [6, 6.07) is 24.8. The standard InChI is InChI=1S/C28H24F3NO4/c1-18(35-26(33)19-10-4-2-5-11-19)25(23-16-21-14-8-9-15-22(21)32-23)24(17-28(29,30)31)36-27(34)20-12-6-3-7-13-20/h2-16,18,24-25,32H,17H2,1H3. The summed E-state index contributed by atoms with van der Waals surface area (Å²) in [6.45, 7) is 1.50. The van der Waals surface area contributed by atoms with Gasteiger partial charge in [0, 0.05) is 11.2 Å². The maximum Gasteiger partial charge on any atom is 0.392 e. The molecule has 0 fully saturated rings. The summed E-state index contributed by atoms with van der Waals surface area (Å²) in [4.78, 5) is 28.7. The lowest BCUT2D eigenvalue weighted by Crippen LogP contribution is -2.38. The number of esters is 2. The number of benzene rings is 3. The van der Waals surface area contributed by atoms with Crippen LogP contribution in [0.1, 0.15) is 45.7 Å². The van der Waals surface area contributed by atoms with Crippen LogP contribution in [0.2, 0.25) is 0 Å². The summed E-state index contributed by atoms with van der Waals surface area (Å²) in [6.07, 6.45) is -8.79. The van der Waals surface area contributed by atoms with Gasteiger partial charge in [0.2, 0.25) is 0 Å². The fourth-order valence-electron chi connectivity index (χ4n) is 4.17. The molecule has 0 aliphatic rings. The van der Waals surface area contributed by atoms with Gasteiger partial charge in [0.15, 0.2) is 0 Å². The van der Waals surface area contributed by atoms with Gasteiger partial charge < -0.3 is 14.5 Å².